The number of nitrogens with zero attached hydrogens (tertiary/aromatic N) is 2. The molecule has 0 aliphatic carbocycles. The summed E-state index contributed by atoms with van der Waals surface area (Å²) >= 11 is 5.93. The van der Waals surface area contributed by atoms with Crippen LogP contribution in [0.2, 0.25) is 5.02 Å². The van der Waals surface area contributed by atoms with Crippen molar-refractivity contribution in [1.82, 2.24) is 9.78 Å². The zero-order valence-corrected chi connectivity index (χ0v) is 13.0. The first kappa shape index (κ1) is 15.2. The van der Waals surface area contributed by atoms with Crippen LogP contribution in [0.3, 0.4) is 0 Å². The molecule has 0 saturated heterocycles. The first-order valence-corrected chi connectivity index (χ1v) is 7.30. The molecule has 0 radical (unpaired) electrons. The Hall–Kier alpha value is -2.66. The SMILES string of the molecule is Cc1c(C(=O)Nc2ccc(F)cc2Cl)cnn1-c1ccccc1. The summed E-state index contributed by atoms with van der Waals surface area (Å²) in [5.74, 6) is -0.806. The second kappa shape index (κ2) is 6.22. The molecule has 0 fully saturated rings. The van der Waals surface area contributed by atoms with E-state index >= 15 is 0 Å². The van der Waals surface area contributed by atoms with Crippen molar-refractivity contribution in [1.29, 1.82) is 0 Å². The predicted octanol–water partition coefficient (Wildman–Crippen LogP) is 4.23. The summed E-state index contributed by atoms with van der Waals surface area (Å²) in [6.07, 6.45) is 1.50. The van der Waals surface area contributed by atoms with Gasteiger partial charge in [0.1, 0.15) is 5.82 Å². The van der Waals surface area contributed by atoms with Crippen molar-refractivity contribution in [2.24, 2.45) is 0 Å². The van der Waals surface area contributed by atoms with Crippen LogP contribution in [0.25, 0.3) is 5.69 Å². The van der Waals surface area contributed by atoms with Gasteiger partial charge in [0, 0.05) is 0 Å². The molecule has 3 aromatic rings. The molecule has 1 amide bonds. The average molecular weight is 330 g/mol. The predicted molar refractivity (Wildman–Crippen MR) is 87.7 cm³/mol. The van der Waals surface area contributed by atoms with Gasteiger partial charge in [0.15, 0.2) is 0 Å². The fraction of sp³-hybridized carbons (Fsp3) is 0.0588. The van der Waals surface area contributed by atoms with E-state index in [0.717, 1.165) is 11.8 Å². The standard InChI is InChI=1S/C17H13ClFN3O/c1-11-14(10-20-22(11)13-5-3-2-4-6-13)17(23)21-16-8-7-12(19)9-15(16)18/h2-10H,1H3,(H,21,23). The van der Waals surface area contributed by atoms with Gasteiger partial charge in [-0.2, -0.15) is 5.10 Å². The highest BCUT2D eigenvalue weighted by molar-refractivity contribution is 6.33. The molecule has 0 spiro atoms. The quantitative estimate of drug-likeness (QED) is 0.781. The molecule has 1 heterocycles. The van der Waals surface area contributed by atoms with Crippen molar-refractivity contribution in [3.05, 3.63) is 76.8 Å². The highest BCUT2D eigenvalue weighted by Crippen LogP contribution is 2.23. The Morgan fingerprint density at radius 3 is 2.65 bits per heavy atom. The number of carbonyl (C=O) groups is 1. The number of nitrogens with one attached hydrogen (secondary N) is 1. The van der Waals surface area contributed by atoms with Gasteiger partial charge in [-0.1, -0.05) is 29.8 Å². The van der Waals surface area contributed by atoms with Crippen molar-refractivity contribution in [3.63, 3.8) is 0 Å². The fourth-order valence-corrected chi connectivity index (χ4v) is 2.46. The molecule has 0 saturated carbocycles. The minimum atomic E-state index is -0.457. The van der Waals surface area contributed by atoms with Crippen molar-refractivity contribution < 1.29 is 9.18 Å². The molecule has 116 valence electrons. The minimum Gasteiger partial charge on any atom is -0.321 e. The molecule has 3 rings (SSSR count). The third kappa shape index (κ3) is 3.10. The van der Waals surface area contributed by atoms with E-state index in [1.807, 2.05) is 30.3 Å². The van der Waals surface area contributed by atoms with Gasteiger partial charge < -0.3 is 5.32 Å². The first-order chi connectivity index (χ1) is 11.1. The molecule has 6 heteroatoms. The Kier molecular flexibility index (Phi) is 4.12. The Morgan fingerprint density at radius 2 is 1.96 bits per heavy atom. The summed E-state index contributed by atoms with van der Waals surface area (Å²) in [4.78, 5) is 12.4. The van der Waals surface area contributed by atoms with Crippen LogP contribution < -0.4 is 5.32 Å². The third-order valence-electron chi connectivity index (χ3n) is 3.43. The van der Waals surface area contributed by atoms with E-state index in [1.165, 1.54) is 18.3 Å². The fourth-order valence-electron chi connectivity index (χ4n) is 2.24. The van der Waals surface area contributed by atoms with Crippen LogP contribution in [-0.4, -0.2) is 15.7 Å². The summed E-state index contributed by atoms with van der Waals surface area (Å²) in [7, 11) is 0. The monoisotopic (exact) mass is 329 g/mol. The van der Waals surface area contributed by atoms with E-state index in [1.54, 1.807) is 11.6 Å². The van der Waals surface area contributed by atoms with Gasteiger partial charge in [0.25, 0.3) is 5.91 Å². The smallest absolute Gasteiger partial charge is 0.259 e. The van der Waals surface area contributed by atoms with Gasteiger partial charge in [-0.15, -0.1) is 0 Å². The molecule has 4 nitrogen and oxygen atoms in total. The van der Waals surface area contributed by atoms with E-state index in [4.69, 9.17) is 11.6 Å². The number of rotatable bonds is 3. The Morgan fingerprint density at radius 1 is 1.22 bits per heavy atom. The molecule has 1 N–H and O–H groups in total. The van der Waals surface area contributed by atoms with Gasteiger partial charge in [-0.3, -0.25) is 4.79 Å². The summed E-state index contributed by atoms with van der Waals surface area (Å²) in [6, 6.07) is 13.3. The molecule has 2 aromatic carbocycles. The number of hydrogen-bond donors (Lipinski definition) is 1. The molecular weight excluding hydrogens is 317 g/mol. The molecular formula is C17H13ClFN3O. The van der Waals surface area contributed by atoms with Crippen LogP contribution in [0, 0.1) is 12.7 Å². The molecule has 0 bridgehead atoms. The first-order valence-electron chi connectivity index (χ1n) is 6.92. The Bertz CT molecular complexity index is 862. The number of amides is 1. The number of halogens is 2. The lowest BCUT2D eigenvalue weighted by Crippen LogP contribution is -2.13. The van der Waals surface area contributed by atoms with Crippen molar-refractivity contribution in [2.45, 2.75) is 6.92 Å². The third-order valence-corrected chi connectivity index (χ3v) is 3.75. The number of hydrogen-bond acceptors (Lipinski definition) is 2. The number of aromatic nitrogens is 2. The number of anilines is 1. The lowest BCUT2D eigenvalue weighted by atomic mass is 10.2. The summed E-state index contributed by atoms with van der Waals surface area (Å²) in [5.41, 5.74) is 2.34. The van der Waals surface area contributed by atoms with E-state index < -0.39 is 5.82 Å². The molecule has 0 aliphatic rings. The minimum absolute atomic E-state index is 0.145. The van der Waals surface area contributed by atoms with Crippen molar-refractivity contribution >= 4 is 23.2 Å². The maximum absolute atomic E-state index is 13.1. The molecule has 0 unspecified atom stereocenters. The van der Waals surface area contributed by atoms with Gasteiger partial charge in [-0.05, 0) is 37.3 Å². The van der Waals surface area contributed by atoms with Gasteiger partial charge >= 0.3 is 0 Å². The normalized spacial score (nSPS) is 10.6. The van der Waals surface area contributed by atoms with Crippen molar-refractivity contribution in [3.8, 4) is 5.69 Å². The summed E-state index contributed by atoms with van der Waals surface area (Å²) in [6.45, 7) is 1.81. The zero-order chi connectivity index (χ0) is 16.4. The van der Waals surface area contributed by atoms with Gasteiger partial charge in [-0.25, -0.2) is 9.07 Å². The molecule has 1 aromatic heterocycles. The van der Waals surface area contributed by atoms with Crippen molar-refractivity contribution in [2.75, 3.05) is 5.32 Å². The highest BCUT2D eigenvalue weighted by atomic mass is 35.5. The maximum atomic E-state index is 13.1. The van der Waals surface area contributed by atoms with Crippen LogP contribution in [0.15, 0.2) is 54.7 Å². The Labute approximate surface area is 137 Å². The highest BCUT2D eigenvalue weighted by Gasteiger charge is 2.16. The number of benzene rings is 2. The van der Waals surface area contributed by atoms with Gasteiger partial charge in [0.2, 0.25) is 0 Å². The maximum Gasteiger partial charge on any atom is 0.259 e. The summed E-state index contributed by atoms with van der Waals surface area (Å²) < 4.78 is 14.7. The topological polar surface area (TPSA) is 46.9 Å². The van der Waals surface area contributed by atoms with E-state index in [9.17, 15) is 9.18 Å². The Balaban J connectivity index is 1.88. The lowest BCUT2D eigenvalue weighted by Gasteiger charge is -2.08. The second-order valence-corrected chi connectivity index (χ2v) is 5.38. The lowest BCUT2D eigenvalue weighted by molar-refractivity contribution is 0.102. The zero-order valence-electron chi connectivity index (χ0n) is 12.3. The van der Waals surface area contributed by atoms with Crippen LogP contribution in [0.5, 0.6) is 0 Å². The second-order valence-electron chi connectivity index (χ2n) is 4.97. The number of carbonyl (C=O) groups excluding carboxylic acids is 1. The van der Waals surface area contributed by atoms with E-state index in [-0.39, 0.29) is 10.9 Å². The largest absolute Gasteiger partial charge is 0.321 e. The van der Waals surface area contributed by atoms with Crippen LogP contribution in [-0.2, 0) is 0 Å². The number of para-hydroxylation sites is 1. The van der Waals surface area contributed by atoms with Crippen LogP contribution in [0.1, 0.15) is 16.1 Å². The average Bonchev–Trinajstić information content (AvgIpc) is 2.92. The van der Waals surface area contributed by atoms with Crippen LogP contribution in [0.4, 0.5) is 10.1 Å². The molecule has 0 aliphatic heterocycles. The summed E-state index contributed by atoms with van der Waals surface area (Å²) in [5, 5.41) is 7.06. The van der Waals surface area contributed by atoms with E-state index in [0.29, 0.717) is 16.9 Å². The van der Waals surface area contributed by atoms with Gasteiger partial charge in [0.05, 0.1) is 33.9 Å². The van der Waals surface area contributed by atoms with E-state index in [2.05, 4.69) is 10.4 Å². The molecule has 23 heavy (non-hydrogen) atoms. The molecule has 0 atom stereocenters. The van der Waals surface area contributed by atoms with Crippen LogP contribution >= 0.6 is 11.6 Å².